The molecule has 0 radical (unpaired) electrons. The van der Waals surface area contributed by atoms with E-state index in [1.165, 1.54) is 5.56 Å². The molecule has 0 aromatic heterocycles. The van der Waals surface area contributed by atoms with Crippen LogP contribution in [-0.4, -0.2) is 12.7 Å². The molecule has 1 aromatic carbocycles. The second kappa shape index (κ2) is 3.60. The summed E-state index contributed by atoms with van der Waals surface area (Å²) in [6.07, 6.45) is 0.906. The number of methoxy groups -OCH3 is 1. The smallest absolute Gasteiger partial charge is 0.128 e. The van der Waals surface area contributed by atoms with Crippen LogP contribution in [0, 0.1) is 0 Å². The van der Waals surface area contributed by atoms with Crippen LogP contribution in [0.4, 0.5) is 0 Å². The van der Waals surface area contributed by atoms with Gasteiger partial charge in [-0.1, -0.05) is 0 Å². The molecule has 1 aliphatic heterocycles. The molecule has 0 fully saturated rings. The number of rotatable bonds is 2. The molecule has 0 saturated heterocycles. The summed E-state index contributed by atoms with van der Waals surface area (Å²) in [6.45, 7) is 4.16. The van der Waals surface area contributed by atoms with Crippen molar-refractivity contribution in [1.29, 1.82) is 0 Å². The summed E-state index contributed by atoms with van der Waals surface area (Å²) in [5.41, 5.74) is 2.07. The predicted octanol–water partition coefficient (Wildman–Crippen LogP) is 3.15. The Bertz CT molecular complexity index is 385. The fraction of sp³-hybridized carbons (Fsp3) is 0.500. The number of hydrogen-bond acceptors (Lipinski definition) is 2. The zero-order chi connectivity index (χ0) is 11.1. The van der Waals surface area contributed by atoms with Crippen LogP contribution in [0.3, 0.4) is 0 Å². The molecule has 0 unspecified atom stereocenters. The lowest BCUT2D eigenvalue weighted by Gasteiger charge is -2.17. The average Bonchev–Trinajstić information content (AvgIpc) is 2.50. The Morgan fingerprint density at radius 3 is 2.80 bits per heavy atom. The maximum absolute atomic E-state index is 5.90. The number of ether oxygens (including phenoxy) is 2. The first-order valence-electron chi connectivity index (χ1n) is 5.00. The van der Waals surface area contributed by atoms with Crippen LogP contribution in [0.25, 0.3) is 0 Å². The molecule has 82 valence electrons. The molecule has 2 rings (SSSR count). The summed E-state index contributed by atoms with van der Waals surface area (Å²) in [7, 11) is 1.67. The SMILES string of the molecule is COc1cc(CCl)c2c(c1)CC(C)(C)O2. The third-order valence-electron chi connectivity index (χ3n) is 2.59. The Labute approximate surface area is 95.1 Å². The Morgan fingerprint density at radius 1 is 1.47 bits per heavy atom. The number of halogens is 1. The van der Waals surface area contributed by atoms with Crippen molar-refractivity contribution in [2.24, 2.45) is 0 Å². The van der Waals surface area contributed by atoms with Gasteiger partial charge >= 0.3 is 0 Å². The van der Waals surface area contributed by atoms with Gasteiger partial charge in [0.05, 0.1) is 13.0 Å². The molecule has 0 bridgehead atoms. The number of hydrogen-bond donors (Lipinski definition) is 0. The molecule has 1 aliphatic rings. The molecule has 0 saturated carbocycles. The first kappa shape index (κ1) is 10.6. The van der Waals surface area contributed by atoms with Crippen LogP contribution in [0.5, 0.6) is 11.5 Å². The zero-order valence-corrected chi connectivity index (χ0v) is 10.0. The Kier molecular flexibility index (Phi) is 2.55. The lowest BCUT2D eigenvalue weighted by Crippen LogP contribution is -2.24. The van der Waals surface area contributed by atoms with Gasteiger partial charge < -0.3 is 9.47 Å². The summed E-state index contributed by atoms with van der Waals surface area (Å²) in [4.78, 5) is 0. The Morgan fingerprint density at radius 2 is 2.20 bits per heavy atom. The molecule has 15 heavy (non-hydrogen) atoms. The van der Waals surface area contributed by atoms with E-state index in [2.05, 4.69) is 13.8 Å². The van der Waals surface area contributed by atoms with Gasteiger partial charge in [-0.15, -0.1) is 11.6 Å². The molecule has 0 amide bonds. The van der Waals surface area contributed by atoms with Gasteiger partial charge in [-0.05, 0) is 26.0 Å². The molecule has 0 aliphatic carbocycles. The van der Waals surface area contributed by atoms with Gasteiger partial charge in [0.2, 0.25) is 0 Å². The van der Waals surface area contributed by atoms with E-state index < -0.39 is 0 Å². The molecule has 1 heterocycles. The topological polar surface area (TPSA) is 18.5 Å². The molecule has 2 nitrogen and oxygen atoms in total. The quantitative estimate of drug-likeness (QED) is 0.722. The third-order valence-corrected chi connectivity index (χ3v) is 2.88. The molecular weight excluding hydrogens is 212 g/mol. The highest BCUT2D eigenvalue weighted by Gasteiger charge is 2.32. The highest BCUT2D eigenvalue weighted by molar-refractivity contribution is 6.17. The van der Waals surface area contributed by atoms with E-state index in [9.17, 15) is 0 Å². The number of fused-ring (bicyclic) bond motifs is 1. The highest BCUT2D eigenvalue weighted by atomic mass is 35.5. The molecule has 1 aromatic rings. The van der Waals surface area contributed by atoms with Crippen LogP contribution in [0.1, 0.15) is 25.0 Å². The summed E-state index contributed by atoms with van der Waals surface area (Å²) < 4.78 is 11.1. The van der Waals surface area contributed by atoms with E-state index in [1.54, 1.807) is 7.11 Å². The van der Waals surface area contributed by atoms with E-state index in [0.29, 0.717) is 5.88 Å². The average molecular weight is 227 g/mol. The van der Waals surface area contributed by atoms with Crippen molar-refractivity contribution in [3.05, 3.63) is 23.3 Å². The molecule has 0 spiro atoms. The first-order chi connectivity index (χ1) is 7.05. The number of alkyl halides is 1. The lowest BCUT2D eigenvalue weighted by molar-refractivity contribution is 0.137. The van der Waals surface area contributed by atoms with E-state index in [1.807, 2.05) is 12.1 Å². The largest absolute Gasteiger partial charge is 0.497 e. The van der Waals surface area contributed by atoms with Gasteiger partial charge in [-0.25, -0.2) is 0 Å². The van der Waals surface area contributed by atoms with Crippen molar-refractivity contribution < 1.29 is 9.47 Å². The first-order valence-corrected chi connectivity index (χ1v) is 5.54. The van der Waals surface area contributed by atoms with Crippen molar-refractivity contribution in [1.82, 2.24) is 0 Å². The minimum absolute atomic E-state index is 0.129. The predicted molar refractivity (Wildman–Crippen MR) is 61.0 cm³/mol. The van der Waals surface area contributed by atoms with Gasteiger partial charge in [0.25, 0.3) is 0 Å². The van der Waals surface area contributed by atoms with Gasteiger partial charge in [-0.2, -0.15) is 0 Å². The van der Waals surface area contributed by atoms with E-state index in [4.69, 9.17) is 21.1 Å². The fourth-order valence-corrected chi connectivity index (χ4v) is 2.17. The minimum Gasteiger partial charge on any atom is -0.497 e. The van der Waals surface area contributed by atoms with Crippen LogP contribution < -0.4 is 9.47 Å². The fourth-order valence-electron chi connectivity index (χ4n) is 1.97. The van der Waals surface area contributed by atoms with E-state index in [0.717, 1.165) is 23.5 Å². The van der Waals surface area contributed by atoms with Crippen LogP contribution in [0.15, 0.2) is 12.1 Å². The second-order valence-electron chi connectivity index (χ2n) is 4.45. The Hall–Kier alpha value is -0.890. The summed E-state index contributed by atoms with van der Waals surface area (Å²) in [6, 6.07) is 3.97. The van der Waals surface area contributed by atoms with E-state index in [-0.39, 0.29) is 5.60 Å². The minimum atomic E-state index is -0.129. The van der Waals surface area contributed by atoms with Gasteiger partial charge in [0, 0.05) is 17.5 Å². The van der Waals surface area contributed by atoms with Crippen molar-refractivity contribution in [3.63, 3.8) is 0 Å². The van der Waals surface area contributed by atoms with Gasteiger partial charge in [-0.3, -0.25) is 0 Å². The third kappa shape index (κ3) is 1.91. The monoisotopic (exact) mass is 226 g/mol. The summed E-state index contributed by atoms with van der Waals surface area (Å²) in [5.74, 6) is 2.25. The molecule has 0 N–H and O–H groups in total. The second-order valence-corrected chi connectivity index (χ2v) is 4.71. The summed E-state index contributed by atoms with van der Waals surface area (Å²) >= 11 is 5.90. The Balaban J connectivity index is 2.48. The van der Waals surface area contributed by atoms with Crippen molar-refractivity contribution in [2.75, 3.05) is 7.11 Å². The summed E-state index contributed by atoms with van der Waals surface area (Å²) in [5, 5.41) is 0. The van der Waals surface area contributed by atoms with Crippen molar-refractivity contribution in [2.45, 2.75) is 31.7 Å². The van der Waals surface area contributed by atoms with Crippen LogP contribution in [-0.2, 0) is 12.3 Å². The number of benzene rings is 1. The van der Waals surface area contributed by atoms with Crippen LogP contribution in [0.2, 0.25) is 0 Å². The van der Waals surface area contributed by atoms with Gasteiger partial charge in [0.1, 0.15) is 17.1 Å². The molecule has 0 atom stereocenters. The standard InChI is InChI=1S/C12H15ClO2/c1-12(2)6-8-4-10(14-3)5-9(7-13)11(8)15-12/h4-5H,6-7H2,1-3H3. The van der Waals surface area contributed by atoms with Crippen LogP contribution >= 0.6 is 11.6 Å². The maximum Gasteiger partial charge on any atom is 0.128 e. The lowest BCUT2D eigenvalue weighted by atomic mass is 10.0. The maximum atomic E-state index is 5.90. The molecular formula is C12H15ClO2. The highest BCUT2D eigenvalue weighted by Crippen LogP contribution is 2.40. The van der Waals surface area contributed by atoms with Gasteiger partial charge in [0.15, 0.2) is 0 Å². The molecule has 3 heteroatoms. The normalized spacial score (nSPS) is 17.1. The van der Waals surface area contributed by atoms with Crippen molar-refractivity contribution >= 4 is 11.6 Å². The zero-order valence-electron chi connectivity index (χ0n) is 9.26. The van der Waals surface area contributed by atoms with E-state index >= 15 is 0 Å². The van der Waals surface area contributed by atoms with Crippen molar-refractivity contribution in [3.8, 4) is 11.5 Å².